The monoisotopic (exact) mass is 78.0 g/mol. The van der Waals surface area contributed by atoms with Gasteiger partial charge in [-0.15, -0.1) is 0 Å². The van der Waals surface area contributed by atoms with Gasteiger partial charge >= 0.3 is 0 Å². The lowest BCUT2D eigenvalue weighted by atomic mass is 10.6. The first-order valence-electron chi connectivity index (χ1n) is 1.80. The standard InChI is InChI=1S/C4H2N2/c1-2-5-4-3(1)6-4/h1-2H. The Morgan fingerprint density at radius 2 is 2.50 bits per heavy atom. The second-order valence-corrected chi connectivity index (χ2v) is 1.27. The number of hydrogen-bond donors (Lipinski definition) is 0. The molecule has 0 aromatic heterocycles. The highest BCUT2D eigenvalue weighted by molar-refractivity contribution is 5.61. The summed E-state index contributed by atoms with van der Waals surface area (Å²) in [6.45, 7) is 0. The Kier molecular flexibility index (Phi) is 0.179. The average Bonchev–Trinajstić information content (AvgIpc) is 2.17. The van der Waals surface area contributed by atoms with Gasteiger partial charge in [0.05, 0.1) is 0 Å². The molecule has 0 radical (unpaired) electrons. The van der Waals surface area contributed by atoms with Gasteiger partial charge in [-0.05, 0) is 6.07 Å². The quantitative estimate of drug-likeness (QED) is 0.457. The van der Waals surface area contributed by atoms with E-state index in [-0.39, 0.29) is 0 Å². The van der Waals surface area contributed by atoms with Crippen molar-refractivity contribution >= 4 is 0 Å². The second-order valence-electron chi connectivity index (χ2n) is 1.27. The normalized spacial score (nSPS) is 11.3. The second kappa shape index (κ2) is 0.469. The van der Waals surface area contributed by atoms with Gasteiger partial charge in [0.1, 0.15) is 5.69 Å². The lowest BCUT2D eigenvalue weighted by molar-refractivity contribution is 1.39. The zero-order valence-electron chi connectivity index (χ0n) is 3.05. The first-order chi connectivity index (χ1) is 2.97. The molecule has 0 unspecified atom stereocenters. The van der Waals surface area contributed by atoms with Crippen molar-refractivity contribution in [1.82, 2.24) is 9.97 Å². The first kappa shape index (κ1) is 2.29. The summed E-state index contributed by atoms with van der Waals surface area (Å²) < 4.78 is 0. The maximum atomic E-state index is 3.84. The Hall–Kier alpha value is -0.920. The molecule has 0 saturated carbocycles. The minimum absolute atomic E-state index is 0.926. The number of fused-ring (bicyclic) bond motifs is 1. The molecule has 0 aromatic rings. The molecule has 0 aliphatic carbocycles. The van der Waals surface area contributed by atoms with Crippen molar-refractivity contribution in [3.63, 3.8) is 0 Å². The summed E-state index contributed by atoms with van der Waals surface area (Å²) in [5.41, 5.74) is 1.06. The molecular formula is C4H2N2. The van der Waals surface area contributed by atoms with Crippen LogP contribution in [0.15, 0.2) is 12.3 Å². The van der Waals surface area contributed by atoms with Crippen LogP contribution >= 0.6 is 0 Å². The molecule has 0 atom stereocenters. The van der Waals surface area contributed by atoms with E-state index in [9.17, 15) is 0 Å². The summed E-state index contributed by atoms with van der Waals surface area (Å²) in [5, 5.41) is 0. The van der Waals surface area contributed by atoms with E-state index in [0.717, 1.165) is 11.5 Å². The fraction of sp³-hybridized carbons (Fsp3) is 0. The first-order valence-corrected chi connectivity index (χ1v) is 1.80. The molecule has 0 N–H and O–H groups in total. The van der Waals surface area contributed by atoms with Crippen LogP contribution in [0.25, 0.3) is 11.5 Å². The van der Waals surface area contributed by atoms with Gasteiger partial charge in [-0.3, -0.25) is 0 Å². The molecule has 2 nitrogen and oxygen atoms in total. The summed E-state index contributed by atoms with van der Waals surface area (Å²) in [6.07, 6.45) is 1.76. The fourth-order valence-corrected chi connectivity index (χ4v) is 0.471. The molecule has 2 rings (SSSR count). The van der Waals surface area contributed by atoms with E-state index in [4.69, 9.17) is 0 Å². The molecule has 2 heterocycles. The number of aromatic nitrogens is 2. The highest BCUT2D eigenvalue weighted by atomic mass is 15.0. The van der Waals surface area contributed by atoms with Gasteiger partial charge in [-0.2, -0.15) is 0 Å². The summed E-state index contributed by atoms with van der Waals surface area (Å²) in [7, 11) is 0. The van der Waals surface area contributed by atoms with E-state index in [1.165, 1.54) is 0 Å². The summed E-state index contributed by atoms with van der Waals surface area (Å²) in [4.78, 5) is 7.68. The van der Waals surface area contributed by atoms with Crippen LogP contribution in [-0.2, 0) is 0 Å². The fourth-order valence-electron chi connectivity index (χ4n) is 0.471. The third-order valence-electron chi connectivity index (χ3n) is 0.835. The zero-order valence-corrected chi connectivity index (χ0v) is 3.05. The van der Waals surface area contributed by atoms with Crippen molar-refractivity contribution in [2.45, 2.75) is 0 Å². The van der Waals surface area contributed by atoms with Crippen LogP contribution in [0, 0.1) is 0 Å². The van der Waals surface area contributed by atoms with Gasteiger partial charge in [-0.25, -0.2) is 9.97 Å². The predicted octanol–water partition coefficient (Wildman–Crippen LogP) is 0.457. The molecular weight excluding hydrogens is 76.1 g/mol. The smallest absolute Gasteiger partial charge is 0.178 e. The Labute approximate surface area is 34.9 Å². The minimum Gasteiger partial charge on any atom is -0.235 e. The van der Waals surface area contributed by atoms with E-state index >= 15 is 0 Å². The minimum atomic E-state index is 0.926. The van der Waals surface area contributed by atoms with Crippen LogP contribution < -0.4 is 0 Å². The van der Waals surface area contributed by atoms with Gasteiger partial charge in [0.2, 0.25) is 0 Å². The Morgan fingerprint density at radius 1 is 1.50 bits per heavy atom. The maximum Gasteiger partial charge on any atom is 0.178 e. The Morgan fingerprint density at radius 3 is 2.67 bits per heavy atom. The van der Waals surface area contributed by atoms with Crippen LogP contribution in [0.5, 0.6) is 0 Å². The number of nitrogens with zero attached hydrogens (tertiary/aromatic N) is 2. The lowest BCUT2D eigenvalue weighted by Crippen LogP contribution is -1.46. The molecule has 28 valence electrons. The molecule has 0 amide bonds. The van der Waals surface area contributed by atoms with Crippen LogP contribution in [0.3, 0.4) is 0 Å². The molecule has 0 aromatic carbocycles. The largest absolute Gasteiger partial charge is 0.235 e. The van der Waals surface area contributed by atoms with Gasteiger partial charge in [-0.1, -0.05) is 0 Å². The summed E-state index contributed by atoms with van der Waals surface area (Å²) >= 11 is 0. The van der Waals surface area contributed by atoms with Crippen LogP contribution in [0.4, 0.5) is 0 Å². The zero-order chi connectivity index (χ0) is 3.98. The van der Waals surface area contributed by atoms with Crippen LogP contribution in [0.2, 0.25) is 0 Å². The van der Waals surface area contributed by atoms with E-state index in [0.29, 0.717) is 0 Å². The van der Waals surface area contributed by atoms with Crippen molar-refractivity contribution in [2.24, 2.45) is 0 Å². The number of hydrogen-bond acceptors (Lipinski definition) is 2. The summed E-state index contributed by atoms with van der Waals surface area (Å²) in [6, 6.07) is 1.90. The predicted molar refractivity (Wildman–Crippen MR) is 21.0 cm³/mol. The SMILES string of the molecule is c1cc2nc-2n1. The molecule has 2 aliphatic heterocycles. The van der Waals surface area contributed by atoms with Crippen molar-refractivity contribution in [3.05, 3.63) is 12.3 Å². The molecule has 0 saturated heterocycles. The highest BCUT2D eigenvalue weighted by Gasteiger charge is 2.13. The van der Waals surface area contributed by atoms with E-state index in [1.807, 2.05) is 6.07 Å². The topological polar surface area (TPSA) is 25.8 Å². The number of rotatable bonds is 0. The third-order valence-corrected chi connectivity index (χ3v) is 0.835. The molecule has 0 bridgehead atoms. The Bertz CT molecular complexity index is 165. The van der Waals surface area contributed by atoms with Crippen molar-refractivity contribution < 1.29 is 0 Å². The molecule has 0 fully saturated rings. The van der Waals surface area contributed by atoms with Crippen molar-refractivity contribution in [2.75, 3.05) is 0 Å². The van der Waals surface area contributed by atoms with Crippen LogP contribution in [-0.4, -0.2) is 9.97 Å². The molecule has 2 aliphatic rings. The van der Waals surface area contributed by atoms with Crippen LogP contribution in [0.1, 0.15) is 0 Å². The average molecular weight is 78.1 g/mol. The van der Waals surface area contributed by atoms with E-state index < -0.39 is 0 Å². The van der Waals surface area contributed by atoms with E-state index in [2.05, 4.69) is 9.97 Å². The maximum absolute atomic E-state index is 3.84. The Balaban J connectivity index is 2.91. The third kappa shape index (κ3) is 0.109. The van der Waals surface area contributed by atoms with Gasteiger partial charge < -0.3 is 0 Å². The molecule has 6 heavy (non-hydrogen) atoms. The van der Waals surface area contributed by atoms with Gasteiger partial charge in [0, 0.05) is 6.20 Å². The lowest BCUT2D eigenvalue weighted by Gasteiger charge is -1.47. The summed E-state index contributed by atoms with van der Waals surface area (Å²) in [5.74, 6) is 0.926. The van der Waals surface area contributed by atoms with Gasteiger partial charge in [0.25, 0.3) is 0 Å². The highest BCUT2D eigenvalue weighted by Crippen LogP contribution is 2.21. The van der Waals surface area contributed by atoms with E-state index in [1.54, 1.807) is 6.20 Å². The van der Waals surface area contributed by atoms with Gasteiger partial charge in [0.15, 0.2) is 5.82 Å². The van der Waals surface area contributed by atoms with Crippen molar-refractivity contribution in [1.29, 1.82) is 0 Å². The van der Waals surface area contributed by atoms with Crippen molar-refractivity contribution in [3.8, 4) is 11.5 Å². The molecule has 2 heteroatoms. The molecule has 0 spiro atoms.